The summed E-state index contributed by atoms with van der Waals surface area (Å²) in [6, 6.07) is 10.5. The molecule has 1 saturated carbocycles. The standard InChI is InChI=1S/C16H22N2OS.ClH/c1-12(13-9-17-10-13)15(19)18-11-16(7-8-16)20-14-5-3-2-4-6-14;/h2-6,12-13,17H,7-11H2,1H3,(H,18,19);1H. The number of hydrogen-bond donors (Lipinski definition) is 2. The van der Waals surface area contributed by atoms with E-state index in [0.29, 0.717) is 5.92 Å². The summed E-state index contributed by atoms with van der Waals surface area (Å²) in [5, 5.41) is 6.40. The largest absolute Gasteiger partial charge is 0.354 e. The summed E-state index contributed by atoms with van der Waals surface area (Å²) in [5.41, 5.74) is 0. The zero-order chi connectivity index (χ0) is 14.0. The molecule has 116 valence electrons. The van der Waals surface area contributed by atoms with Crippen LogP contribution in [-0.2, 0) is 4.79 Å². The molecular weight excluding hydrogens is 304 g/mol. The van der Waals surface area contributed by atoms with Gasteiger partial charge in [-0.25, -0.2) is 0 Å². The molecule has 1 unspecified atom stereocenters. The molecule has 0 bridgehead atoms. The van der Waals surface area contributed by atoms with Gasteiger partial charge in [0.2, 0.25) is 5.91 Å². The van der Waals surface area contributed by atoms with Crippen molar-refractivity contribution in [2.24, 2.45) is 11.8 Å². The third-order valence-electron chi connectivity index (χ3n) is 4.40. The number of carbonyl (C=O) groups excluding carboxylic acids is 1. The lowest BCUT2D eigenvalue weighted by Gasteiger charge is -2.32. The molecule has 1 atom stereocenters. The first-order chi connectivity index (χ1) is 9.69. The van der Waals surface area contributed by atoms with Crippen LogP contribution >= 0.6 is 24.2 Å². The minimum Gasteiger partial charge on any atom is -0.354 e. The summed E-state index contributed by atoms with van der Waals surface area (Å²) in [6.45, 7) is 4.82. The smallest absolute Gasteiger partial charge is 0.223 e. The number of amides is 1. The highest BCUT2D eigenvalue weighted by molar-refractivity contribution is 8.01. The molecule has 2 aliphatic rings. The SMILES string of the molecule is CC(C(=O)NCC1(Sc2ccccc2)CC1)C1CNC1.Cl. The third kappa shape index (κ3) is 4.15. The van der Waals surface area contributed by atoms with Gasteiger partial charge in [-0.05, 0) is 44.0 Å². The fraction of sp³-hybridized carbons (Fsp3) is 0.562. The highest BCUT2D eigenvalue weighted by Gasteiger charge is 2.44. The molecule has 0 aromatic heterocycles. The minimum absolute atomic E-state index is 0. The lowest BCUT2D eigenvalue weighted by molar-refractivity contribution is -0.126. The number of rotatable bonds is 6. The van der Waals surface area contributed by atoms with Crippen LogP contribution in [0, 0.1) is 11.8 Å². The molecule has 21 heavy (non-hydrogen) atoms. The van der Waals surface area contributed by atoms with Gasteiger partial charge in [-0.15, -0.1) is 24.2 Å². The number of hydrogen-bond acceptors (Lipinski definition) is 3. The first kappa shape index (κ1) is 16.7. The van der Waals surface area contributed by atoms with Gasteiger partial charge in [0.15, 0.2) is 0 Å². The number of halogens is 1. The molecule has 1 aromatic carbocycles. The van der Waals surface area contributed by atoms with Gasteiger partial charge in [0.25, 0.3) is 0 Å². The van der Waals surface area contributed by atoms with Crippen molar-refractivity contribution in [3.8, 4) is 0 Å². The molecule has 1 aliphatic carbocycles. The van der Waals surface area contributed by atoms with Gasteiger partial charge < -0.3 is 10.6 Å². The number of nitrogens with one attached hydrogen (secondary N) is 2. The number of carbonyl (C=O) groups is 1. The van der Waals surface area contributed by atoms with Crippen LogP contribution in [0.1, 0.15) is 19.8 Å². The van der Waals surface area contributed by atoms with E-state index in [2.05, 4.69) is 34.9 Å². The first-order valence-corrected chi connectivity index (χ1v) is 8.23. The molecule has 1 heterocycles. The Kier molecular flexibility index (Phi) is 5.58. The second-order valence-corrected chi connectivity index (χ2v) is 7.56. The van der Waals surface area contributed by atoms with Crippen molar-refractivity contribution in [3.05, 3.63) is 30.3 Å². The normalized spacial score (nSPS) is 20.8. The average molecular weight is 327 g/mol. The maximum atomic E-state index is 12.2. The summed E-state index contributed by atoms with van der Waals surface area (Å²) in [7, 11) is 0. The zero-order valence-electron chi connectivity index (χ0n) is 12.3. The van der Waals surface area contributed by atoms with Gasteiger partial charge in [-0.2, -0.15) is 0 Å². The number of benzene rings is 1. The molecular formula is C16H23ClN2OS. The monoisotopic (exact) mass is 326 g/mol. The Bertz CT molecular complexity index is 474. The predicted octanol–water partition coefficient (Wildman–Crippen LogP) is 2.70. The van der Waals surface area contributed by atoms with E-state index in [1.54, 1.807) is 0 Å². The lowest BCUT2D eigenvalue weighted by atomic mass is 9.88. The van der Waals surface area contributed by atoms with Crippen molar-refractivity contribution >= 4 is 30.1 Å². The fourth-order valence-corrected chi connectivity index (χ4v) is 3.72. The van der Waals surface area contributed by atoms with Crippen LogP contribution in [0.2, 0.25) is 0 Å². The van der Waals surface area contributed by atoms with Crippen LogP contribution in [0.5, 0.6) is 0 Å². The predicted molar refractivity (Wildman–Crippen MR) is 90.0 cm³/mol. The fourth-order valence-electron chi connectivity index (χ4n) is 2.48. The maximum Gasteiger partial charge on any atom is 0.223 e. The maximum absolute atomic E-state index is 12.2. The van der Waals surface area contributed by atoms with Crippen molar-refractivity contribution in [3.63, 3.8) is 0 Å². The third-order valence-corrected chi connectivity index (χ3v) is 5.90. The molecule has 1 saturated heterocycles. The highest BCUT2D eigenvalue weighted by Crippen LogP contribution is 2.51. The van der Waals surface area contributed by atoms with E-state index in [0.717, 1.165) is 19.6 Å². The Morgan fingerprint density at radius 3 is 2.57 bits per heavy atom. The van der Waals surface area contributed by atoms with E-state index >= 15 is 0 Å². The van der Waals surface area contributed by atoms with Gasteiger partial charge in [-0.1, -0.05) is 25.1 Å². The highest BCUT2D eigenvalue weighted by atomic mass is 35.5. The molecule has 5 heteroatoms. The van der Waals surface area contributed by atoms with Crippen molar-refractivity contribution in [2.45, 2.75) is 29.4 Å². The summed E-state index contributed by atoms with van der Waals surface area (Å²) in [5.74, 6) is 0.872. The van der Waals surface area contributed by atoms with Crippen molar-refractivity contribution < 1.29 is 4.79 Å². The zero-order valence-corrected chi connectivity index (χ0v) is 13.9. The second-order valence-electron chi connectivity index (χ2n) is 6.02. The van der Waals surface area contributed by atoms with Crippen LogP contribution in [-0.4, -0.2) is 30.3 Å². The lowest BCUT2D eigenvalue weighted by Crippen LogP contribution is -2.50. The Hall–Kier alpha value is -0.710. The number of thioether (sulfide) groups is 1. The van der Waals surface area contributed by atoms with Crippen molar-refractivity contribution in [1.82, 2.24) is 10.6 Å². The molecule has 1 aliphatic heterocycles. The molecule has 0 spiro atoms. The van der Waals surface area contributed by atoms with Gasteiger partial charge in [0.05, 0.1) is 0 Å². The summed E-state index contributed by atoms with van der Waals surface area (Å²) >= 11 is 1.91. The van der Waals surface area contributed by atoms with E-state index in [4.69, 9.17) is 0 Å². The van der Waals surface area contributed by atoms with Crippen molar-refractivity contribution in [1.29, 1.82) is 0 Å². The van der Waals surface area contributed by atoms with E-state index < -0.39 is 0 Å². The summed E-state index contributed by atoms with van der Waals surface area (Å²) < 4.78 is 0.245. The van der Waals surface area contributed by atoms with Crippen LogP contribution in [0.15, 0.2) is 35.2 Å². The van der Waals surface area contributed by atoms with Gasteiger partial charge >= 0.3 is 0 Å². The quantitative estimate of drug-likeness (QED) is 0.844. The van der Waals surface area contributed by atoms with Crippen molar-refractivity contribution in [2.75, 3.05) is 19.6 Å². The molecule has 2 fully saturated rings. The molecule has 0 radical (unpaired) electrons. The first-order valence-electron chi connectivity index (χ1n) is 7.41. The average Bonchev–Trinajstić information content (AvgIpc) is 3.15. The Labute approximate surface area is 137 Å². The topological polar surface area (TPSA) is 41.1 Å². The minimum atomic E-state index is 0. The second kappa shape index (κ2) is 7.03. The Morgan fingerprint density at radius 2 is 2.05 bits per heavy atom. The molecule has 1 aromatic rings. The molecule has 3 rings (SSSR count). The molecule has 2 N–H and O–H groups in total. The van der Waals surface area contributed by atoms with Gasteiger partial charge in [0.1, 0.15) is 0 Å². The van der Waals surface area contributed by atoms with E-state index in [1.807, 2.05) is 24.8 Å². The van der Waals surface area contributed by atoms with E-state index in [1.165, 1.54) is 17.7 Å². The van der Waals surface area contributed by atoms with Crippen LogP contribution in [0.4, 0.5) is 0 Å². The molecule has 3 nitrogen and oxygen atoms in total. The van der Waals surface area contributed by atoms with Gasteiger partial charge in [-0.3, -0.25) is 4.79 Å². The Morgan fingerprint density at radius 1 is 1.38 bits per heavy atom. The van der Waals surface area contributed by atoms with Crippen LogP contribution in [0.25, 0.3) is 0 Å². The molecule has 1 amide bonds. The Balaban J connectivity index is 0.00000161. The van der Waals surface area contributed by atoms with Crippen LogP contribution in [0.3, 0.4) is 0 Å². The van der Waals surface area contributed by atoms with Crippen LogP contribution < -0.4 is 10.6 Å². The summed E-state index contributed by atoms with van der Waals surface area (Å²) in [4.78, 5) is 13.5. The van der Waals surface area contributed by atoms with Gasteiger partial charge in [0, 0.05) is 22.1 Å². The van der Waals surface area contributed by atoms with E-state index in [9.17, 15) is 4.79 Å². The van der Waals surface area contributed by atoms with E-state index in [-0.39, 0.29) is 29.0 Å². The summed E-state index contributed by atoms with van der Waals surface area (Å²) in [6.07, 6.45) is 2.40.